The Bertz CT molecular complexity index is 453. The predicted molar refractivity (Wildman–Crippen MR) is 71.0 cm³/mol. The molecular weight excluding hydrogens is 299 g/mol. The second-order valence-electron chi connectivity index (χ2n) is 4.74. The van der Waals surface area contributed by atoms with Gasteiger partial charge in [-0.15, -0.1) is 0 Å². The van der Waals surface area contributed by atoms with E-state index < -0.39 is 5.60 Å². The highest BCUT2D eigenvalue weighted by Gasteiger charge is 2.40. The van der Waals surface area contributed by atoms with E-state index >= 15 is 0 Å². The zero-order chi connectivity index (χ0) is 13.2. The molecule has 2 rings (SSSR count). The number of rotatable bonds is 4. The third-order valence-corrected chi connectivity index (χ3v) is 4.44. The summed E-state index contributed by atoms with van der Waals surface area (Å²) in [6.07, 6.45) is 3.80. The quantitative estimate of drug-likeness (QED) is 0.847. The Kier molecular flexibility index (Phi) is 4.17. The van der Waals surface area contributed by atoms with E-state index in [9.17, 15) is 9.18 Å². The molecule has 98 valence electrons. The molecule has 0 atom stereocenters. The molecular formula is C14H16BrFO2. The van der Waals surface area contributed by atoms with Crippen molar-refractivity contribution in [1.29, 1.82) is 0 Å². The van der Waals surface area contributed by atoms with Crippen LogP contribution in [-0.4, -0.2) is 18.5 Å². The Balaban J connectivity index is 2.18. The summed E-state index contributed by atoms with van der Waals surface area (Å²) in [4.78, 5) is 12.4. The number of hydrogen-bond donors (Lipinski definition) is 0. The second-order valence-corrected chi connectivity index (χ2v) is 5.60. The first-order valence-corrected chi connectivity index (χ1v) is 6.89. The average Bonchev–Trinajstić information content (AvgIpc) is 2.84. The summed E-state index contributed by atoms with van der Waals surface area (Å²) < 4.78 is 19.4. The lowest BCUT2D eigenvalue weighted by Gasteiger charge is -2.25. The van der Waals surface area contributed by atoms with Crippen LogP contribution < -0.4 is 0 Å². The fourth-order valence-electron chi connectivity index (χ4n) is 2.56. The van der Waals surface area contributed by atoms with Gasteiger partial charge in [-0.25, -0.2) is 4.39 Å². The molecule has 0 saturated heterocycles. The number of hydrogen-bond acceptors (Lipinski definition) is 2. The van der Waals surface area contributed by atoms with Gasteiger partial charge >= 0.3 is 0 Å². The Labute approximate surface area is 115 Å². The van der Waals surface area contributed by atoms with Crippen molar-refractivity contribution in [2.45, 2.75) is 37.7 Å². The van der Waals surface area contributed by atoms with Crippen LogP contribution in [0.3, 0.4) is 0 Å². The molecule has 1 aliphatic carbocycles. The Morgan fingerprint density at radius 1 is 1.44 bits per heavy atom. The number of carbonyl (C=O) groups excluding carboxylic acids is 1. The molecule has 2 nitrogen and oxygen atoms in total. The fourth-order valence-corrected chi connectivity index (χ4v) is 2.94. The lowest BCUT2D eigenvalue weighted by Crippen LogP contribution is -2.38. The number of benzene rings is 1. The van der Waals surface area contributed by atoms with Gasteiger partial charge in [0.1, 0.15) is 11.4 Å². The summed E-state index contributed by atoms with van der Waals surface area (Å²) in [6.45, 7) is 0. The molecule has 1 aromatic rings. The van der Waals surface area contributed by atoms with E-state index in [0.29, 0.717) is 5.56 Å². The monoisotopic (exact) mass is 314 g/mol. The predicted octanol–water partition coefficient (Wildman–Crippen LogP) is 3.66. The van der Waals surface area contributed by atoms with Gasteiger partial charge < -0.3 is 4.74 Å². The van der Waals surface area contributed by atoms with Crippen LogP contribution in [-0.2, 0) is 16.0 Å². The number of Topliss-reactive ketones (excluding diaryl/α,β-unsaturated/α-hetero) is 1. The van der Waals surface area contributed by atoms with Gasteiger partial charge in [0.25, 0.3) is 0 Å². The molecule has 0 aliphatic heterocycles. The second kappa shape index (κ2) is 5.49. The maximum Gasteiger partial charge on any atom is 0.168 e. The number of carbonyl (C=O) groups is 1. The summed E-state index contributed by atoms with van der Waals surface area (Å²) in [5.41, 5.74) is 0.0366. The van der Waals surface area contributed by atoms with Gasteiger partial charge in [0, 0.05) is 18.0 Å². The van der Waals surface area contributed by atoms with E-state index in [1.165, 1.54) is 12.1 Å². The SMILES string of the molecule is COC1(C(=O)Cc2cc(F)ccc2Br)CCCC1. The van der Waals surface area contributed by atoms with Gasteiger partial charge in [-0.05, 0) is 49.4 Å². The summed E-state index contributed by atoms with van der Waals surface area (Å²) in [7, 11) is 1.59. The minimum absolute atomic E-state index is 0.0498. The van der Waals surface area contributed by atoms with Crippen LogP contribution in [0.1, 0.15) is 31.2 Å². The van der Waals surface area contributed by atoms with Gasteiger partial charge in [0.15, 0.2) is 5.78 Å². The Morgan fingerprint density at radius 3 is 2.72 bits per heavy atom. The van der Waals surface area contributed by atoms with Gasteiger partial charge in [-0.3, -0.25) is 4.79 Å². The average molecular weight is 315 g/mol. The minimum atomic E-state index is -0.647. The van der Waals surface area contributed by atoms with Crippen LogP contribution >= 0.6 is 15.9 Å². The van der Waals surface area contributed by atoms with Crippen LogP contribution in [0.4, 0.5) is 4.39 Å². The van der Waals surface area contributed by atoms with Crippen LogP contribution in [0.5, 0.6) is 0 Å². The van der Waals surface area contributed by atoms with Crippen molar-refractivity contribution in [3.8, 4) is 0 Å². The standard InChI is InChI=1S/C14H16BrFO2/c1-18-14(6-2-3-7-14)13(17)9-10-8-11(16)4-5-12(10)15/h4-5,8H,2-3,6-7,9H2,1H3. The van der Waals surface area contributed by atoms with E-state index in [0.717, 1.165) is 30.2 Å². The van der Waals surface area contributed by atoms with Crippen molar-refractivity contribution in [3.05, 3.63) is 34.1 Å². The van der Waals surface area contributed by atoms with Crippen molar-refractivity contribution in [3.63, 3.8) is 0 Å². The normalized spacial score (nSPS) is 17.9. The van der Waals surface area contributed by atoms with Crippen LogP contribution in [0.15, 0.2) is 22.7 Å². The maximum atomic E-state index is 13.2. The number of ketones is 1. The molecule has 0 bridgehead atoms. The first-order chi connectivity index (χ1) is 8.57. The number of ether oxygens (including phenoxy) is 1. The topological polar surface area (TPSA) is 26.3 Å². The van der Waals surface area contributed by atoms with E-state index in [-0.39, 0.29) is 18.0 Å². The number of methoxy groups -OCH3 is 1. The summed E-state index contributed by atoms with van der Waals surface area (Å²) in [5, 5.41) is 0. The van der Waals surface area contributed by atoms with Crippen molar-refractivity contribution in [1.82, 2.24) is 0 Å². The van der Waals surface area contributed by atoms with E-state index in [2.05, 4.69) is 15.9 Å². The highest BCUT2D eigenvalue weighted by Crippen LogP contribution is 2.35. The molecule has 0 heterocycles. The van der Waals surface area contributed by atoms with Crippen LogP contribution in [0, 0.1) is 5.82 Å². The number of halogens is 2. The lowest BCUT2D eigenvalue weighted by atomic mass is 9.91. The fraction of sp³-hybridized carbons (Fsp3) is 0.500. The molecule has 1 aromatic carbocycles. The summed E-state index contributed by atoms with van der Waals surface area (Å²) in [6, 6.07) is 4.41. The smallest absolute Gasteiger partial charge is 0.168 e. The Hall–Kier alpha value is -0.740. The molecule has 0 spiro atoms. The lowest BCUT2D eigenvalue weighted by molar-refractivity contribution is -0.139. The van der Waals surface area contributed by atoms with Gasteiger partial charge in [0.05, 0.1) is 0 Å². The molecule has 4 heteroatoms. The molecule has 1 saturated carbocycles. The molecule has 0 radical (unpaired) electrons. The van der Waals surface area contributed by atoms with Crippen molar-refractivity contribution in [2.24, 2.45) is 0 Å². The van der Waals surface area contributed by atoms with Gasteiger partial charge in [-0.2, -0.15) is 0 Å². The molecule has 0 amide bonds. The third-order valence-electron chi connectivity index (χ3n) is 3.67. The molecule has 1 aliphatic rings. The van der Waals surface area contributed by atoms with Gasteiger partial charge in [-0.1, -0.05) is 15.9 Å². The largest absolute Gasteiger partial charge is 0.370 e. The van der Waals surface area contributed by atoms with E-state index in [4.69, 9.17) is 4.74 Å². The van der Waals surface area contributed by atoms with Crippen LogP contribution in [0.25, 0.3) is 0 Å². The van der Waals surface area contributed by atoms with Crippen LogP contribution in [0.2, 0.25) is 0 Å². The first kappa shape index (κ1) is 13.7. The maximum absolute atomic E-state index is 13.2. The van der Waals surface area contributed by atoms with Gasteiger partial charge in [0.2, 0.25) is 0 Å². The molecule has 18 heavy (non-hydrogen) atoms. The van der Waals surface area contributed by atoms with Crippen molar-refractivity contribution < 1.29 is 13.9 Å². The molecule has 1 fully saturated rings. The van der Waals surface area contributed by atoms with Crippen molar-refractivity contribution >= 4 is 21.7 Å². The highest BCUT2D eigenvalue weighted by atomic mass is 79.9. The van der Waals surface area contributed by atoms with Crippen molar-refractivity contribution in [2.75, 3.05) is 7.11 Å². The van der Waals surface area contributed by atoms with E-state index in [1.807, 2.05) is 0 Å². The summed E-state index contributed by atoms with van der Waals surface area (Å²) in [5.74, 6) is -0.271. The third kappa shape index (κ3) is 2.64. The minimum Gasteiger partial charge on any atom is -0.370 e. The van der Waals surface area contributed by atoms with E-state index in [1.54, 1.807) is 13.2 Å². The molecule has 0 aromatic heterocycles. The zero-order valence-corrected chi connectivity index (χ0v) is 11.9. The highest BCUT2D eigenvalue weighted by molar-refractivity contribution is 9.10. The Morgan fingerprint density at radius 2 is 2.11 bits per heavy atom. The molecule has 0 unspecified atom stereocenters. The summed E-state index contributed by atoms with van der Waals surface area (Å²) >= 11 is 3.35. The molecule has 0 N–H and O–H groups in total. The first-order valence-electron chi connectivity index (χ1n) is 6.10. The zero-order valence-electron chi connectivity index (χ0n) is 10.3.